The Balaban J connectivity index is 1.65. The first-order chi connectivity index (χ1) is 13.8. The Kier molecular flexibility index (Phi) is 5.83. The number of hydrogen-bond donors (Lipinski definition) is 2. The van der Waals surface area contributed by atoms with Crippen molar-refractivity contribution in [3.05, 3.63) is 54.1 Å². The average Bonchev–Trinajstić information content (AvgIpc) is 3.07. The zero-order valence-electron chi connectivity index (χ0n) is 15.5. The van der Waals surface area contributed by atoms with Crippen LogP contribution in [0.5, 0.6) is 0 Å². The number of carbonyl (C=O) groups excluding carboxylic acids is 3. The fourth-order valence-corrected chi connectivity index (χ4v) is 4.41. The van der Waals surface area contributed by atoms with Crippen LogP contribution in [0.25, 0.3) is 0 Å². The minimum atomic E-state index is -3.35. The minimum absolute atomic E-state index is 0.0841. The van der Waals surface area contributed by atoms with Gasteiger partial charge in [0.15, 0.2) is 0 Å². The molecule has 0 spiro atoms. The molecule has 0 aromatic heterocycles. The lowest BCUT2D eigenvalue weighted by molar-refractivity contribution is -0.132. The molecule has 29 heavy (non-hydrogen) atoms. The standard InChI is InChI=1S/C19H19N3O6S/c1-28-19(25)13-6-8-14(9-7-13)20-17(23)18(24)21-15-4-2-5-16(12-15)22-10-3-11-29(22,26)27/h2,4-9,12H,3,10-11H2,1H3,(H,20,23)(H,21,24). The third-order valence-corrected chi connectivity index (χ3v) is 6.13. The summed E-state index contributed by atoms with van der Waals surface area (Å²) >= 11 is 0. The summed E-state index contributed by atoms with van der Waals surface area (Å²) < 4.78 is 29.9. The maximum Gasteiger partial charge on any atom is 0.337 e. The predicted molar refractivity (Wildman–Crippen MR) is 107 cm³/mol. The number of anilines is 3. The molecule has 1 aliphatic rings. The molecule has 2 aromatic rings. The second kappa shape index (κ2) is 8.31. The second-order valence-electron chi connectivity index (χ2n) is 6.27. The van der Waals surface area contributed by atoms with Gasteiger partial charge in [0.1, 0.15) is 0 Å². The van der Waals surface area contributed by atoms with Gasteiger partial charge < -0.3 is 15.4 Å². The summed E-state index contributed by atoms with van der Waals surface area (Å²) in [6, 6.07) is 12.1. The number of methoxy groups -OCH3 is 1. The first-order valence-electron chi connectivity index (χ1n) is 8.71. The number of rotatable bonds is 4. The van der Waals surface area contributed by atoms with E-state index in [2.05, 4.69) is 15.4 Å². The zero-order valence-corrected chi connectivity index (χ0v) is 16.4. The fourth-order valence-electron chi connectivity index (χ4n) is 2.85. The van der Waals surface area contributed by atoms with E-state index in [1.165, 1.54) is 41.7 Å². The Morgan fingerprint density at radius 3 is 2.21 bits per heavy atom. The maximum absolute atomic E-state index is 12.2. The van der Waals surface area contributed by atoms with E-state index in [9.17, 15) is 22.8 Å². The Morgan fingerprint density at radius 2 is 1.62 bits per heavy atom. The van der Waals surface area contributed by atoms with Crippen molar-refractivity contribution in [1.82, 2.24) is 0 Å². The second-order valence-corrected chi connectivity index (χ2v) is 8.28. The van der Waals surface area contributed by atoms with Crippen LogP contribution in [-0.2, 0) is 24.3 Å². The largest absolute Gasteiger partial charge is 0.465 e. The summed E-state index contributed by atoms with van der Waals surface area (Å²) in [5.41, 5.74) is 1.36. The molecule has 0 radical (unpaired) electrons. The van der Waals surface area contributed by atoms with E-state index in [4.69, 9.17) is 0 Å². The number of ether oxygens (including phenoxy) is 1. The Hall–Kier alpha value is -3.40. The summed E-state index contributed by atoms with van der Waals surface area (Å²) in [6.45, 7) is 0.377. The highest BCUT2D eigenvalue weighted by Gasteiger charge is 2.28. The van der Waals surface area contributed by atoms with Crippen LogP contribution in [0.3, 0.4) is 0 Å². The quantitative estimate of drug-likeness (QED) is 0.575. The van der Waals surface area contributed by atoms with Crippen LogP contribution in [0.15, 0.2) is 48.5 Å². The van der Waals surface area contributed by atoms with Crippen molar-refractivity contribution in [2.45, 2.75) is 6.42 Å². The topological polar surface area (TPSA) is 122 Å². The Bertz CT molecular complexity index is 1050. The van der Waals surface area contributed by atoms with E-state index >= 15 is 0 Å². The fraction of sp³-hybridized carbons (Fsp3) is 0.211. The van der Waals surface area contributed by atoms with Gasteiger partial charge in [0, 0.05) is 17.9 Å². The SMILES string of the molecule is COC(=O)c1ccc(NC(=O)C(=O)Nc2cccc(N3CCCS3(=O)=O)c2)cc1. The van der Waals surface area contributed by atoms with Crippen LogP contribution in [0, 0.1) is 0 Å². The zero-order chi connectivity index (χ0) is 21.0. The number of carbonyl (C=O) groups is 3. The van der Waals surface area contributed by atoms with Crippen molar-refractivity contribution in [3.63, 3.8) is 0 Å². The first-order valence-corrected chi connectivity index (χ1v) is 10.3. The lowest BCUT2D eigenvalue weighted by Crippen LogP contribution is -2.29. The molecule has 3 rings (SSSR count). The van der Waals surface area contributed by atoms with E-state index in [1.54, 1.807) is 18.2 Å². The lowest BCUT2D eigenvalue weighted by atomic mass is 10.2. The molecule has 9 nitrogen and oxygen atoms in total. The van der Waals surface area contributed by atoms with Crippen molar-refractivity contribution in [3.8, 4) is 0 Å². The molecular formula is C19H19N3O6S. The molecule has 1 heterocycles. The third kappa shape index (κ3) is 4.72. The molecule has 0 bridgehead atoms. The molecule has 1 aliphatic heterocycles. The Morgan fingerprint density at radius 1 is 0.966 bits per heavy atom. The van der Waals surface area contributed by atoms with E-state index in [1.807, 2.05) is 0 Å². The lowest BCUT2D eigenvalue weighted by Gasteiger charge is -2.17. The van der Waals surface area contributed by atoms with Gasteiger partial charge in [0.25, 0.3) is 0 Å². The van der Waals surface area contributed by atoms with Gasteiger partial charge in [-0.25, -0.2) is 13.2 Å². The molecule has 0 atom stereocenters. The Labute approximate surface area is 167 Å². The highest BCUT2D eigenvalue weighted by molar-refractivity contribution is 7.93. The number of esters is 1. The number of nitrogens with one attached hydrogen (secondary N) is 2. The molecule has 0 aliphatic carbocycles. The molecule has 0 saturated carbocycles. The van der Waals surface area contributed by atoms with Crippen molar-refractivity contribution < 1.29 is 27.5 Å². The van der Waals surface area contributed by atoms with E-state index < -0.39 is 27.8 Å². The van der Waals surface area contributed by atoms with E-state index in [0.717, 1.165) is 0 Å². The van der Waals surface area contributed by atoms with Gasteiger partial charge in [-0.2, -0.15) is 0 Å². The molecule has 2 N–H and O–H groups in total. The van der Waals surface area contributed by atoms with Crippen LogP contribution in [0.4, 0.5) is 17.1 Å². The monoisotopic (exact) mass is 417 g/mol. The molecule has 0 unspecified atom stereocenters. The maximum atomic E-state index is 12.2. The van der Waals surface area contributed by atoms with E-state index in [0.29, 0.717) is 35.6 Å². The van der Waals surface area contributed by atoms with Gasteiger partial charge in [-0.15, -0.1) is 0 Å². The van der Waals surface area contributed by atoms with Crippen LogP contribution >= 0.6 is 0 Å². The number of nitrogens with zero attached hydrogens (tertiary/aromatic N) is 1. The van der Waals surface area contributed by atoms with Crippen molar-refractivity contribution in [1.29, 1.82) is 0 Å². The number of sulfonamides is 1. The smallest absolute Gasteiger partial charge is 0.337 e. The van der Waals surface area contributed by atoms with Gasteiger partial charge in [-0.1, -0.05) is 6.07 Å². The van der Waals surface area contributed by atoms with Crippen LogP contribution < -0.4 is 14.9 Å². The van der Waals surface area contributed by atoms with Crippen LogP contribution in [0.2, 0.25) is 0 Å². The molecule has 2 amide bonds. The molecule has 2 aromatic carbocycles. The van der Waals surface area contributed by atoms with Gasteiger partial charge in [-0.05, 0) is 48.9 Å². The molecule has 1 fully saturated rings. The normalized spacial score (nSPS) is 14.9. The van der Waals surface area contributed by atoms with Gasteiger partial charge in [0.05, 0.1) is 24.1 Å². The van der Waals surface area contributed by atoms with Crippen molar-refractivity contribution in [2.24, 2.45) is 0 Å². The summed E-state index contributed by atoms with van der Waals surface area (Å²) in [4.78, 5) is 35.7. The molecule has 152 valence electrons. The summed E-state index contributed by atoms with van der Waals surface area (Å²) in [6.07, 6.45) is 0.538. The van der Waals surface area contributed by atoms with Crippen LogP contribution in [-0.4, -0.2) is 45.6 Å². The van der Waals surface area contributed by atoms with Crippen LogP contribution in [0.1, 0.15) is 16.8 Å². The number of benzene rings is 2. The molecule has 10 heteroatoms. The van der Waals surface area contributed by atoms with Crippen molar-refractivity contribution in [2.75, 3.05) is 34.3 Å². The average molecular weight is 417 g/mol. The van der Waals surface area contributed by atoms with Crippen molar-refractivity contribution >= 4 is 44.9 Å². The number of amides is 2. The van der Waals surface area contributed by atoms with Gasteiger partial charge in [0.2, 0.25) is 10.0 Å². The molecular weight excluding hydrogens is 398 g/mol. The van der Waals surface area contributed by atoms with E-state index in [-0.39, 0.29) is 5.75 Å². The number of hydrogen-bond acceptors (Lipinski definition) is 6. The van der Waals surface area contributed by atoms with Gasteiger partial charge in [-0.3, -0.25) is 13.9 Å². The highest BCUT2D eigenvalue weighted by atomic mass is 32.2. The first kappa shape index (κ1) is 20.3. The summed E-state index contributed by atoms with van der Waals surface area (Å²) in [5, 5.41) is 4.86. The highest BCUT2D eigenvalue weighted by Crippen LogP contribution is 2.26. The predicted octanol–water partition coefficient (Wildman–Crippen LogP) is 1.59. The molecule has 1 saturated heterocycles. The minimum Gasteiger partial charge on any atom is -0.465 e. The van der Waals surface area contributed by atoms with Gasteiger partial charge >= 0.3 is 17.8 Å². The summed E-state index contributed by atoms with van der Waals surface area (Å²) in [7, 11) is -2.09. The third-order valence-electron chi connectivity index (χ3n) is 4.26. The summed E-state index contributed by atoms with van der Waals surface area (Å²) in [5.74, 6) is -2.25.